The Morgan fingerprint density at radius 3 is 2.59 bits per heavy atom. The van der Waals surface area contributed by atoms with Gasteiger partial charge >= 0.3 is 0 Å². The number of nitrogens with one attached hydrogen (secondary N) is 2. The molecule has 0 saturated carbocycles. The predicted octanol–water partition coefficient (Wildman–Crippen LogP) is 3.14. The van der Waals surface area contributed by atoms with Crippen LogP contribution in [0.15, 0.2) is 59.7 Å². The SMILES string of the molecule is O=C(Cc1nnc(NC(=O)c2ccccc2)s1)N/N=C\c1ccccc1Cl. The van der Waals surface area contributed by atoms with Crippen molar-refractivity contribution < 1.29 is 9.59 Å². The Hall–Kier alpha value is -3.10. The number of amides is 2. The summed E-state index contributed by atoms with van der Waals surface area (Å²) in [6.45, 7) is 0. The van der Waals surface area contributed by atoms with E-state index in [1.54, 1.807) is 36.4 Å². The van der Waals surface area contributed by atoms with E-state index in [1.165, 1.54) is 6.21 Å². The quantitative estimate of drug-likeness (QED) is 0.491. The number of benzene rings is 2. The molecule has 2 N–H and O–H groups in total. The van der Waals surface area contributed by atoms with Gasteiger partial charge in [-0.15, -0.1) is 10.2 Å². The van der Waals surface area contributed by atoms with Crippen molar-refractivity contribution in [3.8, 4) is 0 Å². The molecule has 0 fully saturated rings. The molecule has 0 spiro atoms. The fraction of sp³-hybridized carbons (Fsp3) is 0.0556. The number of carbonyl (C=O) groups is 2. The predicted molar refractivity (Wildman–Crippen MR) is 105 cm³/mol. The molecule has 1 heterocycles. The topological polar surface area (TPSA) is 96.3 Å². The Balaban J connectivity index is 1.52. The number of hydrazone groups is 1. The summed E-state index contributed by atoms with van der Waals surface area (Å²) in [5.74, 6) is -0.637. The Morgan fingerprint density at radius 1 is 1.07 bits per heavy atom. The zero-order valence-electron chi connectivity index (χ0n) is 13.9. The highest BCUT2D eigenvalue weighted by Gasteiger charge is 2.12. The van der Waals surface area contributed by atoms with Gasteiger partial charge in [0.1, 0.15) is 5.01 Å². The molecule has 0 aliphatic rings. The summed E-state index contributed by atoms with van der Waals surface area (Å²) >= 11 is 7.13. The minimum Gasteiger partial charge on any atom is -0.296 e. The summed E-state index contributed by atoms with van der Waals surface area (Å²) in [6, 6.07) is 15.9. The van der Waals surface area contributed by atoms with Crippen molar-refractivity contribution in [2.45, 2.75) is 6.42 Å². The van der Waals surface area contributed by atoms with Crippen LogP contribution < -0.4 is 10.7 Å². The highest BCUT2D eigenvalue weighted by atomic mass is 35.5. The molecule has 136 valence electrons. The summed E-state index contributed by atoms with van der Waals surface area (Å²) in [5.41, 5.74) is 3.62. The van der Waals surface area contributed by atoms with Gasteiger partial charge in [-0.25, -0.2) is 5.43 Å². The van der Waals surface area contributed by atoms with Crippen LogP contribution in [-0.4, -0.2) is 28.2 Å². The minimum atomic E-state index is -0.351. The second kappa shape index (κ2) is 9.02. The molecule has 7 nitrogen and oxygen atoms in total. The molecule has 0 aliphatic carbocycles. The molecule has 0 radical (unpaired) electrons. The molecule has 0 unspecified atom stereocenters. The van der Waals surface area contributed by atoms with E-state index in [0.717, 1.165) is 11.3 Å². The van der Waals surface area contributed by atoms with E-state index in [-0.39, 0.29) is 18.2 Å². The largest absolute Gasteiger partial charge is 0.296 e. The third kappa shape index (κ3) is 5.44. The molecule has 9 heteroatoms. The lowest BCUT2D eigenvalue weighted by atomic mass is 10.2. The van der Waals surface area contributed by atoms with E-state index in [4.69, 9.17) is 11.6 Å². The van der Waals surface area contributed by atoms with Crippen molar-refractivity contribution in [1.82, 2.24) is 15.6 Å². The fourth-order valence-electron chi connectivity index (χ4n) is 2.06. The molecular formula is C18H14ClN5O2S. The lowest BCUT2D eigenvalue weighted by Gasteiger charge is -1.99. The van der Waals surface area contributed by atoms with Gasteiger partial charge in [0.05, 0.1) is 12.6 Å². The molecule has 3 rings (SSSR count). The first-order chi connectivity index (χ1) is 13.1. The average Bonchev–Trinajstić information content (AvgIpc) is 3.10. The van der Waals surface area contributed by atoms with Crippen LogP contribution in [0.4, 0.5) is 5.13 Å². The summed E-state index contributed by atoms with van der Waals surface area (Å²) in [7, 11) is 0. The van der Waals surface area contributed by atoms with E-state index in [0.29, 0.717) is 26.3 Å². The van der Waals surface area contributed by atoms with E-state index in [9.17, 15) is 9.59 Å². The van der Waals surface area contributed by atoms with E-state index in [1.807, 2.05) is 18.2 Å². The summed E-state index contributed by atoms with van der Waals surface area (Å²) in [6.07, 6.45) is 1.46. The second-order valence-corrected chi connectivity index (χ2v) is 6.78. The Labute approximate surface area is 164 Å². The summed E-state index contributed by atoms with van der Waals surface area (Å²) in [4.78, 5) is 24.0. The number of carbonyl (C=O) groups excluding carboxylic acids is 2. The molecule has 0 atom stereocenters. The van der Waals surface area contributed by atoms with Crippen molar-refractivity contribution in [2.24, 2.45) is 5.10 Å². The van der Waals surface area contributed by atoms with Gasteiger partial charge in [0.25, 0.3) is 5.91 Å². The normalized spacial score (nSPS) is 10.7. The Kier molecular flexibility index (Phi) is 6.24. The van der Waals surface area contributed by atoms with Crippen molar-refractivity contribution in [2.75, 3.05) is 5.32 Å². The van der Waals surface area contributed by atoms with Crippen LogP contribution in [0.1, 0.15) is 20.9 Å². The number of halogens is 1. The molecule has 2 amide bonds. The van der Waals surface area contributed by atoms with E-state index >= 15 is 0 Å². The lowest BCUT2D eigenvalue weighted by Crippen LogP contribution is -2.19. The van der Waals surface area contributed by atoms with Gasteiger partial charge in [-0.1, -0.05) is 59.3 Å². The Bertz CT molecular complexity index is 975. The average molecular weight is 400 g/mol. The van der Waals surface area contributed by atoms with Gasteiger partial charge in [-0.05, 0) is 18.2 Å². The maximum Gasteiger partial charge on any atom is 0.257 e. The van der Waals surface area contributed by atoms with Gasteiger partial charge in [0.2, 0.25) is 11.0 Å². The first-order valence-corrected chi connectivity index (χ1v) is 9.06. The zero-order chi connectivity index (χ0) is 19.1. The van der Waals surface area contributed by atoms with Crippen molar-refractivity contribution in [1.29, 1.82) is 0 Å². The minimum absolute atomic E-state index is 0.00125. The molecule has 1 aromatic heterocycles. The first-order valence-electron chi connectivity index (χ1n) is 7.87. The highest BCUT2D eigenvalue weighted by Crippen LogP contribution is 2.17. The number of aromatic nitrogens is 2. The van der Waals surface area contributed by atoms with E-state index in [2.05, 4.69) is 26.0 Å². The van der Waals surface area contributed by atoms with Gasteiger partial charge in [-0.2, -0.15) is 5.10 Å². The molecule has 0 aliphatic heterocycles. The number of hydrogen-bond acceptors (Lipinski definition) is 6. The maximum absolute atomic E-state index is 12.1. The number of rotatable bonds is 6. The standard InChI is InChI=1S/C18H14ClN5O2S/c19-14-9-5-4-8-13(14)11-20-22-15(25)10-16-23-24-18(27-16)21-17(26)12-6-2-1-3-7-12/h1-9,11H,10H2,(H,22,25)(H,21,24,26)/b20-11-. The Morgan fingerprint density at radius 2 is 1.81 bits per heavy atom. The fourth-order valence-corrected chi connectivity index (χ4v) is 2.98. The molecule has 0 bridgehead atoms. The van der Waals surface area contributed by atoms with Crippen molar-refractivity contribution in [3.63, 3.8) is 0 Å². The molecule has 3 aromatic rings. The van der Waals surface area contributed by atoms with Crippen LogP contribution in [-0.2, 0) is 11.2 Å². The van der Waals surface area contributed by atoms with Gasteiger partial charge in [0.15, 0.2) is 0 Å². The van der Waals surface area contributed by atoms with Crippen molar-refractivity contribution >= 4 is 46.1 Å². The van der Waals surface area contributed by atoms with Crippen LogP contribution in [0.3, 0.4) is 0 Å². The second-order valence-electron chi connectivity index (χ2n) is 5.31. The van der Waals surface area contributed by atoms with Gasteiger partial charge in [0, 0.05) is 16.1 Å². The van der Waals surface area contributed by atoms with Crippen LogP contribution >= 0.6 is 22.9 Å². The van der Waals surface area contributed by atoms with Crippen LogP contribution in [0.5, 0.6) is 0 Å². The first kappa shape index (κ1) is 18.7. The smallest absolute Gasteiger partial charge is 0.257 e. The molecule has 0 saturated heterocycles. The van der Waals surface area contributed by atoms with E-state index < -0.39 is 0 Å². The van der Waals surface area contributed by atoms with Gasteiger partial charge in [-0.3, -0.25) is 14.9 Å². The van der Waals surface area contributed by atoms with Crippen LogP contribution in [0.2, 0.25) is 5.02 Å². The molecular weight excluding hydrogens is 386 g/mol. The zero-order valence-corrected chi connectivity index (χ0v) is 15.5. The number of anilines is 1. The van der Waals surface area contributed by atoms with Crippen LogP contribution in [0, 0.1) is 0 Å². The van der Waals surface area contributed by atoms with Crippen molar-refractivity contribution in [3.05, 3.63) is 75.8 Å². The molecule has 2 aromatic carbocycles. The number of nitrogens with zero attached hydrogens (tertiary/aromatic N) is 3. The number of hydrogen-bond donors (Lipinski definition) is 2. The molecule has 27 heavy (non-hydrogen) atoms. The summed E-state index contributed by atoms with van der Waals surface area (Å²) < 4.78 is 0. The third-order valence-corrected chi connectivity index (χ3v) is 4.52. The summed E-state index contributed by atoms with van der Waals surface area (Å²) in [5, 5.41) is 15.6. The van der Waals surface area contributed by atoms with Crippen LogP contribution in [0.25, 0.3) is 0 Å². The maximum atomic E-state index is 12.1. The third-order valence-electron chi connectivity index (χ3n) is 3.33. The van der Waals surface area contributed by atoms with Gasteiger partial charge < -0.3 is 0 Å². The monoisotopic (exact) mass is 399 g/mol. The lowest BCUT2D eigenvalue weighted by molar-refractivity contribution is -0.120. The highest BCUT2D eigenvalue weighted by molar-refractivity contribution is 7.15.